The zero-order chi connectivity index (χ0) is 9.78. The molecule has 0 aromatic rings. The number of hydrogen-bond acceptors (Lipinski definition) is 0. The summed E-state index contributed by atoms with van der Waals surface area (Å²) < 4.78 is 35.6. The molecular formula is C9H11F3. The molecule has 0 aromatic carbocycles. The Morgan fingerprint density at radius 1 is 1.33 bits per heavy atom. The van der Waals surface area contributed by atoms with Gasteiger partial charge in [0.05, 0.1) is 0 Å². The lowest BCUT2D eigenvalue weighted by Gasteiger charge is -2.05. The lowest BCUT2D eigenvalue weighted by Crippen LogP contribution is -2.08. The number of allylic oxidation sites excluding steroid dienone is 5. The van der Waals surface area contributed by atoms with Crippen molar-refractivity contribution in [1.29, 1.82) is 0 Å². The van der Waals surface area contributed by atoms with Crippen LogP contribution in [0.1, 0.15) is 13.8 Å². The maximum absolute atomic E-state index is 11.9. The van der Waals surface area contributed by atoms with Gasteiger partial charge in [0.1, 0.15) is 0 Å². The Hall–Kier alpha value is -0.990. The fourth-order valence-corrected chi connectivity index (χ4v) is 0.668. The normalized spacial score (nSPS) is 13.9. The summed E-state index contributed by atoms with van der Waals surface area (Å²) in [5.41, 5.74) is -0.280. The van der Waals surface area contributed by atoms with E-state index in [9.17, 15) is 13.2 Å². The zero-order valence-electron chi connectivity index (χ0n) is 7.07. The van der Waals surface area contributed by atoms with Gasteiger partial charge in [0.15, 0.2) is 0 Å². The van der Waals surface area contributed by atoms with E-state index in [0.29, 0.717) is 5.57 Å². The molecule has 0 saturated heterocycles. The minimum absolute atomic E-state index is 0.542. The average Bonchev–Trinajstić information content (AvgIpc) is 1.85. The van der Waals surface area contributed by atoms with Crippen LogP contribution in [0, 0.1) is 0 Å². The fourth-order valence-electron chi connectivity index (χ4n) is 0.668. The molecule has 0 saturated carbocycles. The van der Waals surface area contributed by atoms with Crippen molar-refractivity contribution in [3.8, 4) is 0 Å². The summed E-state index contributed by atoms with van der Waals surface area (Å²) >= 11 is 0. The van der Waals surface area contributed by atoms with E-state index in [1.807, 2.05) is 0 Å². The second-order valence-corrected chi connectivity index (χ2v) is 2.41. The van der Waals surface area contributed by atoms with E-state index in [1.165, 1.54) is 0 Å². The highest BCUT2D eigenvalue weighted by Gasteiger charge is 2.29. The Morgan fingerprint density at radius 2 is 1.83 bits per heavy atom. The molecule has 0 heterocycles. The van der Waals surface area contributed by atoms with E-state index in [-0.39, 0.29) is 0 Å². The van der Waals surface area contributed by atoms with Gasteiger partial charge in [-0.3, -0.25) is 0 Å². The van der Waals surface area contributed by atoms with Gasteiger partial charge < -0.3 is 0 Å². The van der Waals surface area contributed by atoms with Crippen molar-refractivity contribution in [2.75, 3.05) is 0 Å². The predicted octanol–water partition coefficient (Wildman–Crippen LogP) is 3.63. The van der Waals surface area contributed by atoms with Gasteiger partial charge in [0.25, 0.3) is 0 Å². The molecule has 0 aliphatic rings. The third kappa shape index (κ3) is 4.01. The summed E-state index contributed by atoms with van der Waals surface area (Å²) in [6.45, 7) is 6.25. The quantitative estimate of drug-likeness (QED) is 0.563. The molecular weight excluding hydrogens is 165 g/mol. The van der Waals surface area contributed by atoms with E-state index < -0.39 is 11.7 Å². The van der Waals surface area contributed by atoms with Crippen LogP contribution in [-0.2, 0) is 0 Å². The summed E-state index contributed by atoms with van der Waals surface area (Å²) in [6, 6.07) is 0. The fraction of sp³-hybridized carbons (Fsp3) is 0.333. The Bertz CT molecular complexity index is 218. The number of alkyl halides is 3. The highest BCUT2D eigenvalue weighted by molar-refractivity contribution is 5.29. The van der Waals surface area contributed by atoms with Crippen LogP contribution in [-0.4, -0.2) is 6.18 Å². The van der Waals surface area contributed by atoms with Gasteiger partial charge in [0, 0.05) is 5.57 Å². The van der Waals surface area contributed by atoms with Crippen molar-refractivity contribution in [2.45, 2.75) is 20.0 Å². The summed E-state index contributed by atoms with van der Waals surface area (Å²) in [4.78, 5) is 0. The molecule has 0 N–H and O–H groups in total. The van der Waals surface area contributed by atoms with E-state index >= 15 is 0 Å². The van der Waals surface area contributed by atoms with Crippen LogP contribution in [0.2, 0.25) is 0 Å². The molecule has 0 aromatic heterocycles. The zero-order valence-corrected chi connectivity index (χ0v) is 7.07. The third-order valence-electron chi connectivity index (χ3n) is 1.20. The van der Waals surface area contributed by atoms with Gasteiger partial charge >= 0.3 is 6.18 Å². The topological polar surface area (TPSA) is 0 Å². The molecule has 0 amide bonds. The van der Waals surface area contributed by atoms with E-state index in [1.54, 1.807) is 26.0 Å². The Morgan fingerprint density at radius 3 is 2.17 bits per heavy atom. The molecule has 68 valence electrons. The predicted molar refractivity (Wildman–Crippen MR) is 43.8 cm³/mol. The SMILES string of the molecule is C=C(/C=C(C)\C=C/C)C(F)(F)F. The molecule has 0 fully saturated rings. The smallest absolute Gasteiger partial charge is 0.166 e. The van der Waals surface area contributed by atoms with Crippen molar-refractivity contribution >= 4 is 0 Å². The molecule has 0 nitrogen and oxygen atoms in total. The lowest BCUT2D eigenvalue weighted by atomic mass is 10.2. The van der Waals surface area contributed by atoms with Gasteiger partial charge in [-0.2, -0.15) is 13.2 Å². The molecule has 0 atom stereocenters. The average molecular weight is 176 g/mol. The minimum Gasteiger partial charge on any atom is -0.166 e. The molecule has 3 heteroatoms. The summed E-state index contributed by atoms with van der Waals surface area (Å²) in [5, 5.41) is 0. The third-order valence-corrected chi connectivity index (χ3v) is 1.20. The number of rotatable bonds is 2. The van der Waals surface area contributed by atoms with Crippen LogP contribution >= 0.6 is 0 Å². The highest BCUT2D eigenvalue weighted by Crippen LogP contribution is 2.25. The van der Waals surface area contributed by atoms with Crippen molar-refractivity contribution in [3.63, 3.8) is 0 Å². The van der Waals surface area contributed by atoms with Crippen LogP contribution in [0.15, 0.2) is 36.0 Å². The molecule has 0 aliphatic carbocycles. The van der Waals surface area contributed by atoms with Crippen LogP contribution < -0.4 is 0 Å². The summed E-state index contributed by atoms with van der Waals surface area (Å²) in [6.07, 6.45) is -0.0325. The molecule has 0 unspecified atom stereocenters. The first kappa shape index (κ1) is 11.0. The maximum atomic E-state index is 11.9. The summed E-state index contributed by atoms with van der Waals surface area (Å²) in [7, 11) is 0. The standard InChI is InChI=1S/C9H11F3/c1-4-5-7(2)6-8(3)9(10,11)12/h4-6H,3H2,1-2H3/b5-4-,7-6-. The summed E-state index contributed by atoms with van der Waals surface area (Å²) in [5.74, 6) is 0. The van der Waals surface area contributed by atoms with E-state index in [4.69, 9.17) is 0 Å². The molecule has 0 bridgehead atoms. The Balaban J connectivity index is 4.45. The lowest BCUT2D eigenvalue weighted by molar-refractivity contribution is -0.0878. The first-order chi connectivity index (χ1) is 5.38. The minimum atomic E-state index is -4.32. The van der Waals surface area contributed by atoms with Gasteiger partial charge in [-0.1, -0.05) is 24.3 Å². The Kier molecular flexibility index (Phi) is 3.80. The van der Waals surface area contributed by atoms with E-state index in [2.05, 4.69) is 6.58 Å². The van der Waals surface area contributed by atoms with Crippen molar-refractivity contribution in [1.82, 2.24) is 0 Å². The van der Waals surface area contributed by atoms with Gasteiger partial charge in [-0.25, -0.2) is 0 Å². The molecule has 0 aliphatic heterocycles. The van der Waals surface area contributed by atoms with Gasteiger partial charge in [0.2, 0.25) is 0 Å². The highest BCUT2D eigenvalue weighted by atomic mass is 19.4. The maximum Gasteiger partial charge on any atom is 0.415 e. The van der Waals surface area contributed by atoms with Crippen molar-refractivity contribution in [3.05, 3.63) is 36.0 Å². The largest absolute Gasteiger partial charge is 0.415 e. The first-order valence-electron chi connectivity index (χ1n) is 3.45. The van der Waals surface area contributed by atoms with Gasteiger partial charge in [-0.15, -0.1) is 0 Å². The van der Waals surface area contributed by atoms with Gasteiger partial charge in [-0.05, 0) is 19.9 Å². The van der Waals surface area contributed by atoms with E-state index in [0.717, 1.165) is 6.08 Å². The van der Waals surface area contributed by atoms with Crippen molar-refractivity contribution in [2.24, 2.45) is 0 Å². The monoisotopic (exact) mass is 176 g/mol. The first-order valence-corrected chi connectivity index (χ1v) is 3.45. The second kappa shape index (κ2) is 4.14. The second-order valence-electron chi connectivity index (χ2n) is 2.41. The van der Waals surface area contributed by atoms with Crippen LogP contribution in [0.3, 0.4) is 0 Å². The van der Waals surface area contributed by atoms with Crippen molar-refractivity contribution < 1.29 is 13.2 Å². The Labute approximate surface area is 70.1 Å². The molecule has 0 radical (unpaired) electrons. The molecule has 0 spiro atoms. The number of hydrogen-bond donors (Lipinski definition) is 0. The molecule has 12 heavy (non-hydrogen) atoms. The molecule has 0 rings (SSSR count). The van der Waals surface area contributed by atoms with Crippen LogP contribution in [0.25, 0.3) is 0 Å². The number of halogens is 3. The van der Waals surface area contributed by atoms with Crippen LogP contribution in [0.5, 0.6) is 0 Å². The van der Waals surface area contributed by atoms with Crippen LogP contribution in [0.4, 0.5) is 13.2 Å².